The van der Waals surface area contributed by atoms with Crippen molar-refractivity contribution in [2.75, 3.05) is 0 Å². The van der Waals surface area contributed by atoms with Gasteiger partial charge >= 0.3 is 0 Å². The molecule has 2 unspecified atom stereocenters. The van der Waals surface area contributed by atoms with Crippen molar-refractivity contribution in [1.29, 1.82) is 0 Å². The van der Waals surface area contributed by atoms with Crippen LogP contribution < -0.4 is 0 Å². The van der Waals surface area contributed by atoms with Gasteiger partial charge in [-0.15, -0.1) is 0 Å². The van der Waals surface area contributed by atoms with Gasteiger partial charge in [0, 0.05) is 11.1 Å². The molecule has 3 nitrogen and oxygen atoms in total. The number of hydrogen-bond donors (Lipinski definition) is 0. The van der Waals surface area contributed by atoms with Gasteiger partial charge in [-0.1, -0.05) is 60.7 Å². The summed E-state index contributed by atoms with van der Waals surface area (Å²) in [4.78, 5) is 12.6. The van der Waals surface area contributed by atoms with Crippen LogP contribution in [0.25, 0.3) is 0 Å². The Balaban J connectivity index is 1.92. The molecule has 0 aromatic heterocycles. The van der Waals surface area contributed by atoms with Crippen molar-refractivity contribution >= 4 is 5.78 Å². The van der Waals surface area contributed by atoms with Crippen molar-refractivity contribution in [3.63, 3.8) is 0 Å². The van der Waals surface area contributed by atoms with Gasteiger partial charge in [0.15, 0.2) is 0 Å². The van der Waals surface area contributed by atoms with Crippen LogP contribution in [0.2, 0.25) is 0 Å². The maximum absolute atomic E-state index is 12.6. The summed E-state index contributed by atoms with van der Waals surface area (Å²) >= 11 is 0. The number of benzene rings is 2. The first-order chi connectivity index (χ1) is 11.5. The van der Waals surface area contributed by atoms with Crippen molar-refractivity contribution in [3.8, 4) is 0 Å². The molecule has 122 valence electrons. The summed E-state index contributed by atoms with van der Waals surface area (Å²) in [5.74, 6) is -1.31. The predicted octanol–water partition coefficient (Wildman–Crippen LogP) is 3.98. The minimum atomic E-state index is -1.24. The largest absolute Gasteiger partial charge is 0.333 e. The van der Waals surface area contributed by atoms with Crippen LogP contribution in [0.1, 0.15) is 31.9 Å². The molecule has 0 bridgehead atoms. The summed E-state index contributed by atoms with van der Waals surface area (Å²) in [6.45, 7) is 5.71. The lowest BCUT2D eigenvalue weighted by Gasteiger charge is -2.39. The summed E-state index contributed by atoms with van der Waals surface area (Å²) in [5, 5.41) is 0. The van der Waals surface area contributed by atoms with Gasteiger partial charge in [-0.3, -0.25) is 4.79 Å². The summed E-state index contributed by atoms with van der Waals surface area (Å²) < 4.78 is 12.7. The van der Waals surface area contributed by atoms with Gasteiger partial charge in [0.2, 0.25) is 5.78 Å². The summed E-state index contributed by atoms with van der Waals surface area (Å²) in [6, 6.07) is 20.0. The summed E-state index contributed by atoms with van der Waals surface area (Å²) in [7, 11) is 0. The van der Waals surface area contributed by atoms with Crippen LogP contribution >= 0.6 is 0 Å². The SMILES string of the molecule is CC1=C(C)C2(OC(C)C(c3ccccc3)(c3ccccc3)O2)C1=O. The zero-order chi connectivity index (χ0) is 16.9. The molecular formula is C21H20O3. The van der Waals surface area contributed by atoms with E-state index in [1.807, 2.05) is 81.4 Å². The Morgan fingerprint density at radius 3 is 1.83 bits per heavy atom. The Morgan fingerprint density at radius 1 is 0.875 bits per heavy atom. The van der Waals surface area contributed by atoms with E-state index in [1.54, 1.807) is 0 Å². The van der Waals surface area contributed by atoms with Crippen LogP contribution in [0, 0.1) is 0 Å². The van der Waals surface area contributed by atoms with Gasteiger partial charge in [0.05, 0.1) is 6.10 Å². The van der Waals surface area contributed by atoms with E-state index < -0.39 is 11.4 Å². The highest BCUT2D eigenvalue weighted by Crippen LogP contribution is 2.55. The fraction of sp³-hybridized carbons (Fsp3) is 0.286. The predicted molar refractivity (Wildman–Crippen MR) is 91.4 cm³/mol. The van der Waals surface area contributed by atoms with Crippen molar-refractivity contribution in [2.24, 2.45) is 0 Å². The molecular weight excluding hydrogens is 300 g/mol. The van der Waals surface area contributed by atoms with Crippen molar-refractivity contribution in [2.45, 2.75) is 38.3 Å². The molecule has 2 aliphatic rings. The fourth-order valence-electron chi connectivity index (χ4n) is 3.83. The molecule has 1 spiro atoms. The van der Waals surface area contributed by atoms with Crippen molar-refractivity contribution < 1.29 is 14.3 Å². The molecule has 0 radical (unpaired) electrons. The third-order valence-corrected chi connectivity index (χ3v) is 5.32. The summed E-state index contributed by atoms with van der Waals surface area (Å²) in [6.07, 6.45) is -0.297. The first kappa shape index (κ1) is 15.3. The van der Waals surface area contributed by atoms with E-state index in [9.17, 15) is 4.79 Å². The van der Waals surface area contributed by atoms with Crippen LogP contribution in [-0.4, -0.2) is 17.7 Å². The van der Waals surface area contributed by atoms with E-state index in [0.717, 1.165) is 22.3 Å². The van der Waals surface area contributed by atoms with E-state index in [0.29, 0.717) is 0 Å². The highest BCUT2D eigenvalue weighted by Gasteiger charge is 2.65. The molecule has 4 rings (SSSR count). The smallest absolute Gasteiger partial charge is 0.258 e. The van der Waals surface area contributed by atoms with Crippen molar-refractivity contribution in [1.82, 2.24) is 0 Å². The average Bonchev–Trinajstić information content (AvgIpc) is 2.98. The fourth-order valence-corrected chi connectivity index (χ4v) is 3.83. The van der Waals surface area contributed by atoms with Gasteiger partial charge in [-0.2, -0.15) is 0 Å². The maximum atomic E-state index is 12.6. The second-order valence-corrected chi connectivity index (χ2v) is 6.53. The first-order valence-electron chi connectivity index (χ1n) is 8.24. The number of ether oxygens (including phenoxy) is 2. The Hall–Kier alpha value is -2.23. The Bertz CT molecular complexity index is 783. The average molecular weight is 320 g/mol. The Labute approximate surface area is 141 Å². The standard InChI is InChI=1S/C21H20O3/c1-14-15(2)21(19(14)22)23-16(3)20(24-21,17-10-6-4-7-11-17)18-12-8-5-9-13-18/h4-13,16H,1-3H3. The maximum Gasteiger partial charge on any atom is 0.258 e. The monoisotopic (exact) mass is 320 g/mol. The Kier molecular flexibility index (Phi) is 3.27. The van der Waals surface area contributed by atoms with Gasteiger partial charge in [0.25, 0.3) is 5.79 Å². The molecule has 0 saturated carbocycles. The highest BCUT2D eigenvalue weighted by atomic mass is 16.8. The van der Waals surface area contributed by atoms with Crippen LogP contribution in [0.15, 0.2) is 71.8 Å². The highest BCUT2D eigenvalue weighted by molar-refractivity contribution is 6.11. The molecule has 3 heteroatoms. The lowest BCUT2D eigenvalue weighted by atomic mass is 9.80. The lowest BCUT2D eigenvalue weighted by molar-refractivity contribution is -0.184. The minimum absolute atomic E-state index is 0.0689. The topological polar surface area (TPSA) is 35.5 Å². The summed E-state index contributed by atoms with van der Waals surface area (Å²) in [5.41, 5.74) is 2.78. The molecule has 2 atom stereocenters. The number of carbonyl (C=O) groups excluding carboxylic acids is 1. The van der Waals surface area contributed by atoms with Crippen LogP contribution in [0.4, 0.5) is 0 Å². The van der Waals surface area contributed by atoms with E-state index in [4.69, 9.17) is 9.47 Å². The van der Waals surface area contributed by atoms with Gasteiger partial charge < -0.3 is 9.47 Å². The molecule has 2 aromatic rings. The third kappa shape index (κ3) is 1.77. The molecule has 2 aromatic carbocycles. The number of hydrogen-bond acceptors (Lipinski definition) is 3. The normalized spacial score (nSPS) is 28.3. The van der Waals surface area contributed by atoms with Crippen LogP contribution in [-0.2, 0) is 19.9 Å². The number of ketones is 1. The number of rotatable bonds is 2. The molecule has 1 saturated heterocycles. The zero-order valence-electron chi connectivity index (χ0n) is 14.1. The molecule has 0 N–H and O–H groups in total. The quantitative estimate of drug-likeness (QED) is 0.839. The lowest BCUT2D eigenvalue weighted by Crippen LogP contribution is -2.51. The zero-order valence-corrected chi connectivity index (χ0v) is 14.1. The van der Waals surface area contributed by atoms with Gasteiger partial charge in [-0.25, -0.2) is 0 Å². The van der Waals surface area contributed by atoms with Gasteiger partial charge in [0.1, 0.15) is 5.60 Å². The van der Waals surface area contributed by atoms with Crippen LogP contribution in [0.5, 0.6) is 0 Å². The van der Waals surface area contributed by atoms with E-state index in [-0.39, 0.29) is 11.9 Å². The number of carbonyl (C=O) groups is 1. The van der Waals surface area contributed by atoms with E-state index in [1.165, 1.54) is 0 Å². The molecule has 1 aliphatic heterocycles. The van der Waals surface area contributed by atoms with Crippen LogP contribution in [0.3, 0.4) is 0 Å². The van der Waals surface area contributed by atoms with E-state index >= 15 is 0 Å². The molecule has 1 aliphatic carbocycles. The molecule has 1 fully saturated rings. The molecule has 0 amide bonds. The molecule has 24 heavy (non-hydrogen) atoms. The Morgan fingerprint density at radius 2 is 1.38 bits per heavy atom. The van der Waals surface area contributed by atoms with Crippen molar-refractivity contribution in [3.05, 3.63) is 82.9 Å². The van der Waals surface area contributed by atoms with E-state index in [2.05, 4.69) is 0 Å². The second-order valence-electron chi connectivity index (χ2n) is 6.53. The third-order valence-electron chi connectivity index (χ3n) is 5.32. The number of Topliss-reactive ketones (excluding diaryl/α,β-unsaturated/α-hetero) is 1. The molecule has 1 heterocycles. The van der Waals surface area contributed by atoms with Gasteiger partial charge in [-0.05, 0) is 31.9 Å². The second kappa shape index (κ2) is 5.13. The first-order valence-corrected chi connectivity index (χ1v) is 8.24. The minimum Gasteiger partial charge on any atom is -0.333 e.